The summed E-state index contributed by atoms with van der Waals surface area (Å²) >= 11 is 0. The fourth-order valence-corrected chi connectivity index (χ4v) is 2.11. The Morgan fingerprint density at radius 3 is 1.82 bits per heavy atom. The molecule has 0 heterocycles. The molecule has 0 saturated carbocycles. The van der Waals surface area contributed by atoms with Crippen LogP contribution in [-0.4, -0.2) is 37.7 Å². The number of hydrogen-bond acceptors (Lipinski definition) is 0. The van der Waals surface area contributed by atoms with Crippen LogP contribution in [-0.2, 0) is 6.42 Å². The zero-order valence-electron chi connectivity index (χ0n) is 11.5. The molecule has 0 saturated heterocycles. The van der Waals surface area contributed by atoms with Crippen molar-refractivity contribution in [2.45, 2.75) is 64.7 Å². The van der Waals surface area contributed by atoms with Gasteiger partial charge in [0.15, 0.2) is 0 Å². The predicted octanol–water partition coefficient (Wildman–Crippen LogP) is 4.99. The molecule has 0 aliphatic carbocycles. The molecule has 0 atom stereocenters. The molecule has 17 heavy (non-hydrogen) atoms. The molecule has 1 rings (SSSR count). The van der Waals surface area contributed by atoms with Gasteiger partial charge in [-0.3, -0.25) is 0 Å². The average Bonchev–Trinajstić information content (AvgIpc) is 2.34. The van der Waals surface area contributed by atoms with Crippen LogP contribution in [0, 0.1) is 0 Å². The molecular weight excluding hydrogens is 232 g/mol. The summed E-state index contributed by atoms with van der Waals surface area (Å²) in [7, 11) is 0. The first-order valence-corrected chi connectivity index (χ1v) is 6.97. The third kappa shape index (κ3) is 10.1. The van der Waals surface area contributed by atoms with Gasteiger partial charge in [0.05, 0.1) is 0 Å². The second-order valence-electron chi connectivity index (χ2n) is 4.71. The van der Waals surface area contributed by atoms with Crippen LogP contribution in [0.2, 0.25) is 0 Å². The van der Waals surface area contributed by atoms with Gasteiger partial charge in [-0.2, -0.15) is 0 Å². The molecule has 1 aromatic carbocycles. The van der Waals surface area contributed by atoms with Crippen molar-refractivity contribution in [3.63, 3.8) is 0 Å². The van der Waals surface area contributed by atoms with Crippen LogP contribution in [0.3, 0.4) is 0 Å². The Morgan fingerprint density at radius 1 is 0.706 bits per heavy atom. The van der Waals surface area contributed by atoms with Crippen LogP contribution < -0.4 is 0 Å². The third-order valence-corrected chi connectivity index (χ3v) is 3.16. The van der Waals surface area contributed by atoms with Crippen molar-refractivity contribution in [2.24, 2.45) is 0 Å². The average molecular weight is 258 g/mol. The largest absolute Gasteiger partial charge is 0.0654 e. The van der Waals surface area contributed by atoms with E-state index in [0.29, 0.717) is 0 Å². The molecule has 0 aliphatic heterocycles. The van der Waals surface area contributed by atoms with Crippen molar-refractivity contribution in [3.8, 4) is 0 Å². The molecule has 0 amide bonds. The maximum atomic E-state index is 2.28. The standard InChI is InChI=1S/C16H26.Ca/c1-2-3-4-5-6-7-8-10-13-16-14-11-9-12-15-16;/h9,11-12,14-15H,2-8,10,13H2,1H3;. The van der Waals surface area contributed by atoms with E-state index in [9.17, 15) is 0 Å². The Morgan fingerprint density at radius 2 is 1.24 bits per heavy atom. The maximum Gasteiger partial charge on any atom is 0 e. The molecule has 0 fully saturated rings. The van der Waals surface area contributed by atoms with E-state index < -0.39 is 0 Å². The molecule has 0 nitrogen and oxygen atoms in total. The number of hydrogen-bond donors (Lipinski definition) is 0. The minimum Gasteiger partial charge on any atom is -0.0654 e. The van der Waals surface area contributed by atoms with Crippen LogP contribution in [0.25, 0.3) is 0 Å². The van der Waals surface area contributed by atoms with Gasteiger partial charge >= 0.3 is 0 Å². The Labute approximate surface area is 137 Å². The molecule has 1 aromatic rings. The SMILES string of the molecule is CCCCCCCCCCc1ccccc1.[Ca]. The molecule has 0 bridgehead atoms. The van der Waals surface area contributed by atoms with E-state index in [1.165, 1.54) is 63.4 Å². The second kappa shape index (κ2) is 12.9. The number of aryl methyl sites for hydroxylation is 1. The van der Waals surface area contributed by atoms with Crippen LogP contribution in [0.4, 0.5) is 0 Å². The van der Waals surface area contributed by atoms with E-state index in [-0.39, 0.29) is 37.7 Å². The van der Waals surface area contributed by atoms with E-state index in [1.54, 1.807) is 0 Å². The third-order valence-electron chi connectivity index (χ3n) is 3.16. The monoisotopic (exact) mass is 258 g/mol. The summed E-state index contributed by atoms with van der Waals surface area (Å²) in [5.41, 5.74) is 1.49. The summed E-state index contributed by atoms with van der Waals surface area (Å²) in [4.78, 5) is 0. The van der Waals surface area contributed by atoms with Crippen LogP contribution in [0.5, 0.6) is 0 Å². The van der Waals surface area contributed by atoms with Gasteiger partial charge in [0.2, 0.25) is 0 Å². The van der Waals surface area contributed by atoms with Gasteiger partial charge in [-0.25, -0.2) is 0 Å². The van der Waals surface area contributed by atoms with E-state index in [2.05, 4.69) is 37.3 Å². The second-order valence-corrected chi connectivity index (χ2v) is 4.71. The van der Waals surface area contributed by atoms with Crippen molar-refractivity contribution >= 4 is 37.7 Å². The minimum atomic E-state index is 0. The van der Waals surface area contributed by atoms with Gasteiger partial charge in [-0.05, 0) is 18.4 Å². The number of benzene rings is 1. The van der Waals surface area contributed by atoms with E-state index in [0.717, 1.165) is 0 Å². The summed E-state index contributed by atoms with van der Waals surface area (Å²) in [6.07, 6.45) is 12.5. The summed E-state index contributed by atoms with van der Waals surface area (Å²) in [5, 5.41) is 0. The first-order valence-electron chi connectivity index (χ1n) is 6.97. The molecule has 2 radical (unpaired) electrons. The Balaban J connectivity index is 0.00000256. The molecule has 92 valence electrons. The van der Waals surface area contributed by atoms with Crippen molar-refractivity contribution in [1.29, 1.82) is 0 Å². The summed E-state index contributed by atoms with van der Waals surface area (Å²) in [6.45, 7) is 2.28. The molecule has 0 aliphatic rings. The fourth-order valence-electron chi connectivity index (χ4n) is 2.11. The zero-order valence-corrected chi connectivity index (χ0v) is 13.7. The first-order chi connectivity index (χ1) is 7.93. The van der Waals surface area contributed by atoms with Crippen LogP contribution in [0.1, 0.15) is 63.9 Å². The molecule has 0 N–H and O–H groups in total. The van der Waals surface area contributed by atoms with E-state index in [4.69, 9.17) is 0 Å². The smallest absolute Gasteiger partial charge is 0 e. The Kier molecular flexibility index (Phi) is 13.3. The summed E-state index contributed by atoms with van der Waals surface area (Å²) in [5.74, 6) is 0. The van der Waals surface area contributed by atoms with Gasteiger partial charge in [0.1, 0.15) is 0 Å². The van der Waals surface area contributed by atoms with E-state index >= 15 is 0 Å². The normalized spacial score (nSPS) is 9.94. The summed E-state index contributed by atoms with van der Waals surface area (Å²) in [6, 6.07) is 10.8. The van der Waals surface area contributed by atoms with Crippen molar-refractivity contribution in [1.82, 2.24) is 0 Å². The van der Waals surface area contributed by atoms with Gasteiger partial charge in [0, 0.05) is 37.7 Å². The minimum absolute atomic E-state index is 0. The van der Waals surface area contributed by atoms with Crippen LogP contribution in [0.15, 0.2) is 30.3 Å². The van der Waals surface area contributed by atoms with E-state index in [1.807, 2.05) is 0 Å². The fraction of sp³-hybridized carbons (Fsp3) is 0.625. The van der Waals surface area contributed by atoms with Crippen molar-refractivity contribution < 1.29 is 0 Å². The predicted molar refractivity (Wildman–Crippen MR) is 78.5 cm³/mol. The molecule has 0 unspecified atom stereocenters. The molecule has 1 heteroatoms. The number of rotatable bonds is 9. The topological polar surface area (TPSA) is 0 Å². The molecule has 0 aromatic heterocycles. The number of unbranched alkanes of at least 4 members (excludes halogenated alkanes) is 7. The van der Waals surface area contributed by atoms with Gasteiger partial charge < -0.3 is 0 Å². The van der Waals surface area contributed by atoms with Gasteiger partial charge in [-0.1, -0.05) is 82.2 Å². The maximum absolute atomic E-state index is 2.28. The van der Waals surface area contributed by atoms with Crippen molar-refractivity contribution in [2.75, 3.05) is 0 Å². The van der Waals surface area contributed by atoms with Crippen molar-refractivity contribution in [3.05, 3.63) is 35.9 Å². The Bertz CT molecular complexity index is 243. The zero-order chi connectivity index (χ0) is 11.5. The molecule has 0 spiro atoms. The van der Waals surface area contributed by atoms with Gasteiger partial charge in [0.25, 0.3) is 0 Å². The van der Waals surface area contributed by atoms with Crippen LogP contribution >= 0.6 is 0 Å². The molecular formula is C16H26Ca. The Hall–Kier alpha value is 0.480. The summed E-state index contributed by atoms with van der Waals surface area (Å²) < 4.78 is 0. The van der Waals surface area contributed by atoms with Gasteiger partial charge in [-0.15, -0.1) is 0 Å². The quantitative estimate of drug-likeness (QED) is 0.432. The first kappa shape index (κ1) is 17.5.